The van der Waals surface area contributed by atoms with E-state index in [9.17, 15) is 0 Å². The molecule has 0 amide bonds. The van der Waals surface area contributed by atoms with Crippen LogP contribution in [0.15, 0.2) is 132 Å². The third-order valence-electron chi connectivity index (χ3n) is 8.30. The summed E-state index contributed by atoms with van der Waals surface area (Å²) < 4.78 is 52.9. The average Bonchev–Trinajstić information content (AvgIpc) is 3.79. The summed E-state index contributed by atoms with van der Waals surface area (Å²) in [5.74, 6) is 0.343. The standard InChI is InChI=1S/C38H21N3OS/c1-2-10-22(11-3-1)34-37-35(27-14-6-9-17-33(27)43-37)40-38(39-34)41-30-15-7-4-12-24(30)29-20-23-18-19-26-25-13-5-8-16-32(25)42-36(26)28(23)21-31(29)41/h1-21H/i1D,2D,3D,10D,11D. The summed E-state index contributed by atoms with van der Waals surface area (Å²) in [6.07, 6.45) is 0. The van der Waals surface area contributed by atoms with Gasteiger partial charge in [0, 0.05) is 42.6 Å². The number of para-hydroxylation sites is 2. The van der Waals surface area contributed by atoms with Gasteiger partial charge in [0.05, 0.1) is 33.8 Å². The predicted octanol–water partition coefficient (Wildman–Crippen LogP) is 10.7. The Kier molecular flexibility index (Phi) is 3.72. The van der Waals surface area contributed by atoms with Crippen molar-refractivity contribution in [2.45, 2.75) is 0 Å². The number of thiophene rings is 1. The maximum Gasteiger partial charge on any atom is 0.235 e. The van der Waals surface area contributed by atoms with Gasteiger partial charge in [-0.3, -0.25) is 4.57 Å². The van der Waals surface area contributed by atoms with Gasteiger partial charge < -0.3 is 4.42 Å². The van der Waals surface area contributed by atoms with E-state index in [1.54, 1.807) is 0 Å². The van der Waals surface area contributed by atoms with Crippen LogP contribution in [0.25, 0.3) is 92.0 Å². The Balaban J connectivity index is 1.37. The van der Waals surface area contributed by atoms with Gasteiger partial charge in [0.1, 0.15) is 11.2 Å². The van der Waals surface area contributed by atoms with Gasteiger partial charge in [-0.15, -0.1) is 11.3 Å². The molecule has 4 aromatic heterocycles. The van der Waals surface area contributed by atoms with E-state index in [1.807, 2.05) is 65.2 Å². The quantitative estimate of drug-likeness (QED) is 0.207. The molecule has 4 heterocycles. The van der Waals surface area contributed by atoms with Crippen LogP contribution < -0.4 is 0 Å². The van der Waals surface area contributed by atoms with Gasteiger partial charge in [0.25, 0.3) is 0 Å². The van der Waals surface area contributed by atoms with Gasteiger partial charge in [0.15, 0.2) is 0 Å². The van der Waals surface area contributed by atoms with Crippen LogP contribution in [-0.4, -0.2) is 14.5 Å². The molecule has 0 N–H and O–H groups in total. The maximum absolute atomic E-state index is 8.86. The maximum atomic E-state index is 8.86. The van der Waals surface area contributed by atoms with Crippen molar-refractivity contribution < 1.29 is 11.3 Å². The largest absolute Gasteiger partial charge is 0.455 e. The molecule has 4 nitrogen and oxygen atoms in total. The first-order valence-corrected chi connectivity index (χ1v) is 14.7. The van der Waals surface area contributed by atoms with Crippen molar-refractivity contribution in [3.63, 3.8) is 0 Å². The van der Waals surface area contributed by atoms with Crippen LogP contribution in [0.4, 0.5) is 0 Å². The smallest absolute Gasteiger partial charge is 0.235 e. The van der Waals surface area contributed by atoms with Crippen molar-refractivity contribution in [3.05, 3.63) is 127 Å². The van der Waals surface area contributed by atoms with E-state index in [-0.39, 0.29) is 17.6 Å². The first kappa shape index (κ1) is 18.8. The second-order valence-corrected chi connectivity index (χ2v) is 11.7. The van der Waals surface area contributed by atoms with Crippen LogP contribution in [0, 0.1) is 0 Å². The van der Waals surface area contributed by atoms with Crippen molar-refractivity contribution in [2.75, 3.05) is 0 Å². The molecule has 0 aliphatic rings. The zero-order valence-corrected chi connectivity index (χ0v) is 23.2. The minimum Gasteiger partial charge on any atom is -0.455 e. The molecular weight excluding hydrogens is 547 g/mol. The number of furan rings is 1. The summed E-state index contributed by atoms with van der Waals surface area (Å²) in [5, 5.41) is 7.01. The van der Waals surface area contributed by atoms with Crippen molar-refractivity contribution >= 4 is 86.2 Å². The number of benzene rings is 6. The van der Waals surface area contributed by atoms with E-state index in [2.05, 4.69) is 36.4 Å². The van der Waals surface area contributed by atoms with E-state index in [0.717, 1.165) is 64.6 Å². The minimum atomic E-state index is -0.443. The van der Waals surface area contributed by atoms with Gasteiger partial charge in [-0.05, 0) is 41.8 Å². The molecule has 0 spiro atoms. The lowest BCUT2D eigenvalue weighted by molar-refractivity contribution is 0.672. The molecule has 0 atom stereocenters. The number of aromatic nitrogens is 3. The van der Waals surface area contributed by atoms with Gasteiger partial charge in [-0.25, -0.2) is 9.97 Å². The van der Waals surface area contributed by atoms with E-state index in [0.29, 0.717) is 21.9 Å². The molecule has 0 aliphatic heterocycles. The first-order chi connectivity index (χ1) is 23.4. The third kappa shape index (κ3) is 3.20. The Labute approximate surface area is 256 Å². The highest BCUT2D eigenvalue weighted by Gasteiger charge is 2.21. The Morgan fingerprint density at radius 2 is 1.44 bits per heavy atom. The highest BCUT2D eigenvalue weighted by atomic mass is 32.1. The molecule has 0 fully saturated rings. The van der Waals surface area contributed by atoms with Gasteiger partial charge in [-0.1, -0.05) is 90.9 Å². The summed E-state index contributed by atoms with van der Waals surface area (Å²) in [4.78, 5) is 10.3. The topological polar surface area (TPSA) is 43.9 Å². The van der Waals surface area contributed by atoms with Gasteiger partial charge in [-0.2, -0.15) is 0 Å². The molecule has 43 heavy (non-hydrogen) atoms. The van der Waals surface area contributed by atoms with Crippen LogP contribution in [0.1, 0.15) is 6.85 Å². The fourth-order valence-electron chi connectivity index (χ4n) is 6.40. The summed E-state index contributed by atoms with van der Waals surface area (Å²) >= 11 is 1.45. The Morgan fingerprint density at radius 1 is 0.651 bits per heavy atom. The number of rotatable bonds is 2. The fourth-order valence-corrected chi connectivity index (χ4v) is 7.54. The third-order valence-corrected chi connectivity index (χ3v) is 9.46. The molecule has 0 saturated carbocycles. The highest BCUT2D eigenvalue weighted by Crippen LogP contribution is 2.42. The zero-order chi connectivity index (χ0) is 32.4. The fraction of sp³-hybridized carbons (Fsp3) is 0. The van der Waals surface area contributed by atoms with Crippen LogP contribution in [-0.2, 0) is 0 Å². The lowest BCUT2D eigenvalue weighted by atomic mass is 10.0. The lowest BCUT2D eigenvalue weighted by Gasteiger charge is -2.10. The van der Waals surface area contributed by atoms with E-state index >= 15 is 0 Å². The summed E-state index contributed by atoms with van der Waals surface area (Å²) in [6, 6.07) is 30.7. The highest BCUT2D eigenvalue weighted by molar-refractivity contribution is 7.26. The molecule has 5 heteroatoms. The monoisotopic (exact) mass is 572 g/mol. The SMILES string of the molecule is [2H]c1c([2H])c([2H])c(-c2nc(-n3c4ccccc4c4cc5ccc6c7ccccc7oc6c5cc43)nc3c2sc2ccccc23)c([2H])c1[2H]. The van der Waals surface area contributed by atoms with E-state index in [1.165, 1.54) is 11.3 Å². The van der Waals surface area contributed by atoms with Crippen LogP contribution in [0.2, 0.25) is 0 Å². The average molecular weight is 573 g/mol. The number of fused-ring (bicyclic) bond motifs is 11. The second kappa shape index (κ2) is 8.51. The lowest BCUT2D eigenvalue weighted by Crippen LogP contribution is -2.02. The van der Waals surface area contributed by atoms with E-state index < -0.39 is 18.1 Å². The molecule has 0 radical (unpaired) electrons. The van der Waals surface area contributed by atoms with Crippen LogP contribution in [0.3, 0.4) is 0 Å². The Hall–Kier alpha value is -5.52. The number of nitrogens with zero attached hydrogens (tertiary/aromatic N) is 3. The number of hydrogen-bond acceptors (Lipinski definition) is 4. The molecule has 0 unspecified atom stereocenters. The summed E-state index contributed by atoms with van der Waals surface area (Å²) in [6.45, 7) is 0. The molecule has 200 valence electrons. The predicted molar refractivity (Wildman–Crippen MR) is 179 cm³/mol. The molecule has 0 bridgehead atoms. The molecule has 0 saturated heterocycles. The Morgan fingerprint density at radius 3 is 2.35 bits per heavy atom. The van der Waals surface area contributed by atoms with Crippen molar-refractivity contribution in [3.8, 4) is 17.2 Å². The van der Waals surface area contributed by atoms with Crippen molar-refractivity contribution in [1.29, 1.82) is 0 Å². The molecule has 0 aliphatic carbocycles. The van der Waals surface area contributed by atoms with Crippen molar-refractivity contribution in [1.82, 2.24) is 14.5 Å². The normalized spacial score (nSPS) is 13.8. The Bertz CT molecular complexity index is 3000. The van der Waals surface area contributed by atoms with Crippen molar-refractivity contribution in [2.24, 2.45) is 0 Å². The zero-order valence-electron chi connectivity index (χ0n) is 27.4. The molecule has 10 aromatic rings. The summed E-state index contributed by atoms with van der Waals surface area (Å²) in [7, 11) is 0. The summed E-state index contributed by atoms with van der Waals surface area (Å²) in [5.41, 5.74) is 4.39. The van der Waals surface area contributed by atoms with Gasteiger partial charge >= 0.3 is 0 Å². The van der Waals surface area contributed by atoms with Gasteiger partial charge in [0.2, 0.25) is 5.95 Å². The molecule has 10 rings (SSSR count). The first-order valence-electron chi connectivity index (χ1n) is 16.4. The number of hydrogen-bond donors (Lipinski definition) is 0. The minimum absolute atomic E-state index is 0.0522. The van der Waals surface area contributed by atoms with Crippen LogP contribution >= 0.6 is 11.3 Å². The van der Waals surface area contributed by atoms with Crippen LogP contribution in [0.5, 0.6) is 0 Å². The molecule has 6 aromatic carbocycles. The molecular formula is C38H21N3OS. The second-order valence-electron chi connectivity index (χ2n) is 10.6. The van der Waals surface area contributed by atoms with E-state index in [4.69, 9.17) is 21.2 Å².